The van der Waals surface area contributed by atoms with Gasteiger partial charge in [0, 0.05) is 0 Å². The number of amides is 1. The number of nitrogens with one attached hydrogen (secondary N) is 1. The van der Waals surface area contributed by atoms with Gasteiger partial charge in [0.15, 0.2) is 0 Å². The molecular weight excluding hydrogens is 258 g/mol. The van der Waals surface area contributed by atoms with Crippen molar-refractivity contribution in [3.63, 3.8) is 0 Å². The second-order valence-electron chi connectivity index (χ2n) is 7.22. The summed E-state index contributed by atoms with van der Waals surface area (Å²) < 4.78 is 10.8. The van der Waals surface area contributed by atoms with Crippen LogP contribution >= 0.6 is 0 Å². The van der Waals surface area contributed by atoms with Crippen LogP contribution in [-0.2, 0) is 9.47 Å². The third-order valence-corrected chi connectivity index (χ3v) is 3.32. The van der Waals surface area contributed by atoms with Gasteiger partial charge in [-0.15, -0.1) is 0 Å². The van der Waals surface area contributed by atoms with E-state index in [1.165, 1.54) is 0 Å². The van der Waals surface area contributed by atoms with Crippen LogP contribution in [-0.4, -0.2) is 41.2 Å². The SMILES string of the molecule is CC(C)[C@H]1O[C@@H]1[C@@H](O)[C@@H](NC(=O)OC(C)(C)C)C(C)C. The van der Waals surface area contributed by atoms with Gasteiger partial charge in [0.05, 0.1) is 12.1 Å². The molecule has 1 heterocycles. The summed E-state index contributed by atoms with van der Waals surface area (Å²) in [5, 5.41) is 13.2. The molecule has 1 aliphatic heterocycles. The van der Waals surface area contributed by atoms with Gasteiger partial charge in [0.2, 0.25) is 0 Å². The van der Waals surface area contributed by atoms with Gasteiger partial charge in [0.1, 0.15) is 17.8 Å². The average Bonchev–Trinajstić information content (AvgIpc) is 3.01. The molecule has 0 unspecified atom stereocenters. The van der Waals surface area contributed by atoms with Crippen LogP contribution < -0.4 is 5.32 Å². The van der Waals surface area contributed by atoms with Gasteiger partial charge in [-0.25, -0.2) is 4.79 Å². The lowest BCUT2D eigenvalue weighted by atomic mass is 9.93. The molecule has 0 radical (unpaired) electrons. The highest BCUT2D eigenvalue weighted by atomic mass is 16.6. The van der Waals surface area contributed by atoms with Gasteiger partial charge >= 0.3 is 6.09 Å². The molecule has 1 fully saturated rings. The zero-order valence-electron chi connectivity index (χ0n) is 13.6. The monoisotopic (exact) mass is 287 g/mol. The lowest BCUT2D eigenvalue weighted by Crippen LogP contribution is -2.50. The summed E-state index contributed by atoms with van der Waals surface area (Å²) in [6, 6.07) is -0.376. The number of alkyl carbamates (subject to hydrolysis) is 1. The van der Waals surface area contributed by atoms with Crippen LogP contribution in [0, 0.1) is 11.8 Å². The Labute approximate surface area is 122 Å². The van der Waals surface area contributed by atoms with E-state index in [0.717, 1.165) is 0 Å². The Bertz CT molecular complexity index is 335. The quantitative estimate of drug-likeness (QED) is 0.761. The fourth-order valence-electron chi connectivity index (χ4n) is 2.24. The Kier molecular flexibility index (Phi) is 5.44. The van der Waals surface area contributed by atoms with E-state index in [1.54, 1.807) is 0 Å². The first kappa shape index (κ1) is 17.2. The third-order valence-electron chi connectivity index (χ3n) is 3.32. The van der Waals surface area contributed by atoms with E-state index in [4.69, 9.17) is 9.47 Å². The van der Waals surface area contributed by atoms with Crippen molar-refractivity contribution in [1.29, 1.82) is 0 Å². The fraction of sp³-hybridized carbons (Fsp3) is 0.933. The summed E-state index contributed by atoms with van der Waals surface area (Å²) in [6.07, 6.45) is -1.34. The average molecular weight is 287 g/mol. The molecule has 0 aliphatic carbocycles. The van der Waals surface area contributed by atoms with E-state index in [-0.39, 0.29) is 24.2 Å². The second kappa shape index (κ2) is 6.31. The van der Waals surface area contributed by atoms with Crippen LogP contribution in [0.1, 0.15) is 48.5 Å². The van der Waals surface area contributed by atoms with Crippen LogP contribution in [0.25, 0.3) is 0 Å². The second-order valence-corrected chi connectivity index (χ2v) is 7.22. The van der Waals surface area contributed by atoms with Gasteiger partial charge in [-0.3, -0.25) is 0 Å². The maximum Gasteiger partial charge on any atom is 0.407 e. The van der Waals surface area contributed by atoms with Crippen LogP contribution in [0.5, 0.6) is 0 Å². The molecule has 5 heteroatoms. The molecule has 0 bridgehead atoms. The van der Waals surface area contributed by atoms with Crippen molar-refractivity contribution in [2.45, 2.75) is 78.4 Å². The van der Waals surface area contributed by atoms with Crippen molar-refractivity contribution in [3.8, 4) is 0 Å². The minimum atomic E-state index is -0.713. The zero-order valence-corrected chi connectivity index (χ0v) is 13.6. The maximum absolute atomic E-state index is 11.9. The van der Waals surface area contributed by atoms with Crippen molar-refractivity contribution in [1.82, 2.24) is 5.32 Å². The first-order valence-electron chi connectivity index (χ1n) is 7.36. The molecule has 1 saturated heterocycles. The van der Waals surface area contributed by atoms with Crippen LogP contribution in [0.3, 0.4) is 0 Å². The van der Waals surface area contributed by atoms with Crippen LogP contribution in [0.2, 0.25) is 0 Å². The van der Waals surface area contributed by atoms with Crippen LogP contribution in [0.15, 0.2) is 0 Å². The van der Waals surface area contributed by atoms with Crippen molar-refractivity contribution in [2.75, 3.05) is 0 Å². The number of carbonyl (C=O) groups excluding carboxylic acids is 1. The minimum Gasteiger partial charge on any atom is -0.444 e. The van der Waals surface area contributed by atoms with Crippen molar-refractivity contribution in [2.24, 2.45) is 11.8 Å². The minimum absolute atomic E-state index is 0.0756. The zero-order chi connectivity index (χ0) is 15.7. The molecule has 4 atom stereocenters. The summed E-state index contributed by atoms with van der Waals surface area (Å²) in [4.78, 5) is 11.9. The van der Waals surface area contributed by atoms with Crippen molar-refractivity contribution >= 4 is 6.09 Å². The normalized spacial score (nSPS) is 25.5. The number of carbonyl (C=O) groups is 1. The molecule has 0 saturated carbocycles. The molecule has 0 aromatic carbocycles. The molecular formula is C15H29NO4. The van der Waals surface area contributed by atoms with Crippen molar-refractivity contribution < 1.29 is 19.4 Å². The number of ether oxygens (including phenoxy) is 2. The lowest BCUT2D eigenvalue weighted by molar-refractivity contribution is 0.0326. The smallest absolute Gasteiger partial charge is 0.407 e. The van der Waals surface area contributed by atoms with Gasteiger partial charge in [0.25, 0.3) is 0 Å². The lowest BCUT2D eigenvalue weighted by Gasteiger charge is -2.28. The number of rotatable bonds is 5. The largest absolute Gasteiger partial charge is 0.444 e. The summed E-state index contributed by atoms with van der Waals surface area (Å²) in [5.74, 6) is 0.457. The molecule has 118 valence electrons. The number of aliphatic hydroxyl groups excluding tert-OH is 1. The topological polar surface area (TPSA) is 71.1 Å². The third kappa shape index (κ3) is 4.94. The Morgan fingerprint density at radius 3 is 2.10 bits per heavy atom. The van der Waals surface area contributed by atoms with E-state index < -0.39 is 17.8 Å². The molecule has 1 amide bonds. The number of aliphatic hydroxyl groups is 1. The van der Waals surface area contributed by atoms with E-state index in [9.17, 15) is 9.90 Å². The summed E-state index contributed by atoms with van der Waals surface area (Å²) in [6.45, 7) is 13.5. The highest BCUT2D eigenvalue weighted by Crippen LogP contribution is 2.34. The number of epoxide rings is 1. The van der Waals surface area contributed by atoms with Gasteiger partial charge < -0.3 is 19.9 Å². The molecule has 2 N–H and O–H groups in total. The summed E-state index contributed by atoms with van der Waals surface area (Å²) in [5.41, 5.74) is -0.548. The summed E-state index contributed by atoms with van der Waals surface area (Å²) in [7, 11) is 0. The highest BCUT2D eigenvalue weighted by molar-refractivity contribution is 5.68. The first-order valence-corrected chi connectivity index (χ1v) is 7.36. The van der Waals surface area contributed by atoms with E-state index in [1.807, 2.05) is 34.6 Å². The molecule has 20 heavy (non-hydrogen) atoms. The van der Waals surface area contributed by atoms with Crippen LogP contribution in [0.4, 0.5) is 4.79 Å². The predicted octanol–water partition coefficient (Wildman–Crippen LogP) is 2.32. The van der Waals surface area contributed by atoms with Gasteiger partial charge in [-0.05, 0) is 32.6 Å². The van der Waals surface area contributed by atoms with Gasteiger partial charge in [-0.1, -0.05) is 27.7 Å². The van der Waals surface area contributed by atoms with E-state index >= 15 is 0 Å². The predicted molar refractivity (Wildman–Crippen MR) is 77.5 cm³/mol. The molecule has 5 nitrogen and oxygen atoms in total. The molecule has 1 aliphatic rings. The highest BCUT2D eigenvalue weighted by Gasteiger charge is 2.49. The molecule has 0 aromatic heterocycles. The first-order chi connectivity index (χ1) is 9.03. The number of hydrogen-bond donors (Lipinski definition) is 2. The fourth-order valence-corrected chi connectivity index (χ4v) is 2.24. The number of hydrogen-bond acceptors (Lipinski definition) is 4. The standard InChI is InChI=1S/C15H29NO4/c1-8(2)10(16-14(18)20-15(5,6)7)11(17)13-12(19-13)9(3)4/h8-13,17H,1-7H3,(H,16,18)/t10-,11-,12+,13+/m0/s1. The molecule has 1 rings (SSSR count). The van der Waals surface area contributed by atoms with Gasteiger partial charge in [-0.2, -0.15) is 0 Å². The molecule has 0 aromatic rings. The Morgan fingerprint density at radius 1 is 1.20 bits per heavy atom. The Balaban J connectivity index is 2.59. The van der Waals surface area contributed by atoms with E-state index in [2.05, 4.69) is 19.2 Å². The summed E-state index contributed by atoms with van der Waals surface area (Å²) >= 11 is 0. The Hall–Kier alpha value is -0.810. The van der Waals surface area contributed by atoms with E-state index in [0.29, 0.717) is 5.92 Å². The maximum atomic E-state index is 11.9. The molecule has 0 spiro atoms. The van der Waals surface area contributed by atoms with Crippen molar-refractivity contribution in [3.05, 3.63) is 0 Å². The Morgan fingerprint density at radius 2 is 1.75 bits per heavy atom.